The van der Waals surface area contributed by atoms with E-state index in [9.17, 15) is 9.59 Å². The molecule has 0 unspecified atom stereocenters. The average molecular weight is 309 g/mol. The molecule has 0 atom stereocenters. The van der Waals surface area contributed by atoms with Crippen LogP contribution in [-0.4, -0.2) is 25.4 Å². The van der Waals surface area contributed by atoms with Gasteiger partial charge in [0.2, 0.25) is 5.91 Å². The van der Waals surface area contributed by atoms with E-state index >= 15 is 0 Å². The van der Waals surface area contributed by atoms with Crippen LogP contribution >= 0.6 is 0 Å². The molecule has 0 bridgehead atoms. The van der Waals surface area contributed by atoms with Gasteiger partial charge in [-0.15, -0.1) is 0 Å². The second-order valence-electron chi connectivity index (χ2n) is 5.04. The summed E-state index contributed by atoms with van der Waals surface area (Å²) in [5.74, 6) is 0.233. The first-order chi connectivity index (χ1) is 11.1. The number of nitrogens with one attached hydrogen (secondary N) is 1. The summed E-state index contributed by atoms with van der Waals surface area (Å²) in [6.07, 6.45) is 3.03. The molecule has 2 heterocycles. The highest BCUT2D eigenvalue weighted by atomic mass is 16.2. The van der Waals surface area contributed by atoms with Gasteiger partial charge in [-0.2, -0.15) is 0 Å². The largest absolute Gasteiger partial charge is 0.349 e. The zero-order valence-electron chi connectivity index (χ0n) is 12.6. The van der Waals surface area contributed by atoms with Crippen molar-refractivity contribution in [3.63, 3.8) is 0 Å². The Morgan fingerprint density at radius 2 is 2.09 bits per heavy atom. The summed E-state index contributed by atoms with van der Waals surface area (Å²) >= 11 is 0. The standard InChI is InChI=1S/C16H15N5O2/c1-11-20-14-5-3-2-4-13(14)16(23)21(11)9-15(22)18-8-12-6-7-17-10-19-12/h2-7,10H,8-9H2,1H3,(H,18,22). The van der Waals surface area contributed by atoms with E-state index in [0.717, 1.165) is 0 Å². The number of para-hydroxylation sites is 1. The molecule has 0 saturated carbocycles. The molecule has 1 N–H and O–H groups in total. The van der Waals surface area contributed by atoms with Gasteiger partial charge in [-0.1, -0.05) is 12.1 Å². The molecule has 7 nitrogen and oxygen atoms in total. The molecule has 116 valence electrons. The number of carbonyl (C=O) groups is 1. The summed E-state index contributed by atoms with van der Waals surface area (Å²) in [5.41, 5.74) is 1.12. The molecule has 3 aromatic rings. The number of hydrogen-bond acceptors (Lipinski definition) is 5. The molecule has 0 aliphatic carbocycles. The summed E-state index contributed by atoms with van der Waals surface area (Å²) in [4.78, 5) is 36.8. The van der Waals surface area contributed by atoms with Crippen molar-refractivity contribution >= 4 is 16.8 Å². The number of benzene rings is 1. The maximum absolute atomic E-state index is 12.5. The van der Waals surface area contributed by atoms with Crippen molar-refractivity contribution < 1.29 is 4.79 Å². The van der Waals surface area contributed by atoms with E-state index in [-0.39, 0.29) is 24.6 Å². The fourth-order valence-corrected chi connectivity index (χ4v) is 2.28. The molecule has 0 aliphatic rings. The monoisotopic (exact) mass is 309 g/mol. The molecule has 7 heteroatoms. The smallest absolute Gasteiger partial charge is 0.261 e. The normalized spacial score (nSPS) is 10.7. The van der Waals surface area contributed by atoms with Crippen molar-refractivity contribution in [2.45, 2.75) is 20.0 Å². The van der Waals surface area contributed by atoms with Crippen LogP contribution in [0.15, 0.2) is 47.7 Å². The van der Waals surface area contributed by atoms with E-state index in [1.54, 1.807) is 37.4 Å². The molecule has 0 spiro atoms. The Bertz CT molecular complexity index is 905. The van der Waals surface area contributed by atoms with E-state index in [1.807, 2.05) is 6.07 Å². The van der Waals surface area contributed by atoms with Crippen LogP contribution in [0.3, 0.4) is 0 Å². The van der Waals surface area contributed by atoms with Crippen LogP contribution in [0, 0.1) is 6.92 Å². The summed E-state index contributed by atoms with van der Waals surface area (Å²) in [7, 11) is 0. The third kappa shape index (κ3) is 3.23. The SMILES string of the molecule is Cc1nc2ccccc2c(=O)n1CC(=O)NCc1ccncn1. The highest BCUT2D eigenvalue weighted by molar-refractivity contribution is 5.79. The van der Waals surface area contributed by atoms with Gasteiger partial charge < -0.3 is 5.32 Å². The molecule has 0 radical (unpaired) electrons. The van der Waals surface area contributed by atoms with Crippen LogP contribution in [0.4, 0.5) is 0 Å². The Balaban J connectivity index is 1.78. The molecular formula is C16H15N5O2. The Hall–Kier alpha value is -3.09. The minimum Gasteiger partial charge on any atom is -0.349 e. The lowest BCUT2D eigenvalue weighted by atomic mass is 10.2. The average Bonchev–Trinajstić information content (AvgIpc) is 2.58. The summed E-state index contributed by atoms with van der Waals surface area (Å²) in [5, 5.41) is 3.23. The number of carbonyl (C=O) groups excluding carboxylic acids is 1. The maximum atomic E-state index is 12.5. The number of fused-ring (bicyclic) bond motifs is 1. The maximum Gasteiger partial charge on any atom is 0.261 e. The van der Waals surface area contributed by atoms with Gasteiger partial charge in [-0.05, 0) is 25.1 Å². The molecule has 1 amide bonds. The molecule has 0 fully saturated rings. The Labute approximate surface area is 132 Å². The number of hydrogen-bond donors (Lipinski definition) is 1. The lowest BCUT2D eigenvalue weighted by Crippen LogP contribution is -2.33. The first-order valence-corrected chi connectivity index (χ1v) is 7.13. The van der Waals surface area contributed by atoms with E-state index < -0.39 is 0 Å². The summed E-state index contributed by atoms with van der Waals surface area (Å²) in [6, 6.07) is 8.81. The van der Waals surface area contributed by atoms with Crippen LogP contribution in [0.5, 0.6) is 0 Å². The summed E-state index contributed by atoms with van der Waals surface area (Å²) < 4.78 is 1.37. The Morgan fingerprint density at radius 3 is 2.87 bits per heavy atom. The zero-order valence-corrected chi connectivity index (χ0v) is 12.6. The second kappa shape index (κ2) is 6.35. The lowest BCUT2D eigenvalue weighted by Gasteiger charge is -2.11. The van der Waals surface area contributed by atoms with E-state index in [4.69, 9.17) is 0 Å². The Kier molecular flexibility index (Phi) is 4.09. The highest BCUT2D eigenvalue weighted by Crippen LogP contribution is 2.07. The fourth-order valence-electron chi connectivity index (χ4n) is 2.28. The van der Waals surface area contributed by atoms with Crippen LogP contribution in [0.1, 0.15) is 11.5 Å². The van der Waals surface area contributed by atoms with Gasteiger partial charge in [0.25, 0.3) is 5.56 Å². The van der Waals surface area contributed by atoms with E-state index in [0.29, 0.717) is 22.4 Å². The minimum atomic E-state index is -0.272. The molecule has 23 heavy (non-hydrogen) atoms. The van der Waals surface area contributed by atoms with Gasteiger partial charge in [-0.3, -0.25) is 14.2 Å². The van der Waals surface area contributed by atoms with Gasteiger partial charge >= 0.3 is 0 Å². The number of amides is 1. The predicted molar refractivity (Wildman–Crippen MR) is 84.6 cm³/mol. The Morgan fingerprint density at radius 1 is 1.26 bits per heavy atom. The first-order valence-electron chi connectivity index (χ1n) is 7.13. The van der Waals surface area contributed by atoms with Gasteiger partial charge in [0, 0.05) is 6.20 Å². The third-order valence-electron chi connectivity index (χ3n) is 3.46. The topological polar surface area (TPSA) is 89.8 Å². The third-order valence-corrected chi connectivity index (χ3v) is 3.46. The summed E-state index contributed by atoms with van der Waals surface area (Å²) in [6.45, 7) is 1.93. The molecule has 2 aromatic heterocycles. The number of nitrogens with zero attached hydrogens (tertiary/aromatic N) is 4. The van der Waals surface area contributed by atoms with Crippen molar-refractivity contribution in [2.75, 3.05) is 0 Å². The number of aryl methyl sites for hydroxylation is 1. The molecular weight excluding hydrogens is 294 g/mol. The first kappa shape index (κ1) is 14.8. The van der Waals surface area contributed by atoms with Gasteiger partial charge in [0.1, 0.15) is 18.7 Å². The quantitative estimate of drug-likeness (QED) is 0.770. The highest BCUT2D eigenvalue weighted by Gasteiger charge is 2.11. The van der Waals surface area contributed by atoms with Crippen molar-refractivity contribution in [3.8, 4) is 0 Å². The van der Waals surface area contributed by atoms with Gasteiger partial charge in [-0.25, -0.2) is 15.0 Å². The van der Waals surface area contributed by atoms with Gasteiger partial charge in [0.15, 0.2) is 0 Å². The van der Waals surface area contributed by atoms with Gasteiger partial charge in [0.05, 0.1) is 23.1 Å². The van der Waals surface area contributed by atoms with E-state index in [1.165, 1.54) is 10.9 Å². The second-order valence-corrected chi connectivity index (χ2v) is 5.04. The van der Waals surface area contributed by atoms with Crippen molar-refractivity contribution in [1.82, 2.24) is 24.8 Å². The molecule has 1 aromatic carbocycles. The van der Waals surface area contributed by atoms with Crippen molar-refractivity contribution in [2.24, 2.45) is 0 Å². The molecule has 0 aliphatic heterocycles. The van der Waals surface area contributed by atoms with E-state index in [2.05, 4.69) is 20.3 Å². The predicted octanol–water partition coefficient (Wildman–Crippen LogP) is 0.811. The minimum absolute atomic E-state index is 0.0758. The fraction of sp³-hybridized carbons (Fsp3) is 0.188. The zero-order chi connectivity index (χ0) is 16.2. The lowest BCUT2D eigenvalue weighted by molar-refractivity contribution is -0.121. The number of rotatable bonds is 4. The molecule has 0 saturated heterocycles. The number of aromatic nitrogens is 4. The molecule has 3 rings (SSSR count). The van der Waals surface area contributed by atoms with Crippen LogP contribution in [0.25, 0.3) is 10.9 Å². The van der Waals surface area contributed by atoms with Crippen LogP contribution in [0.2, 0.25) is 0 Å². The van der Waals surface area contributed by atoms with Crippen LogP contribution in [-0.2, 0) is 17.9 Å². The van der Waals surface area contributed by atoms with Crippen LogP contribution < -0.4 is 10.9 Å². The van der Waals surface area contributed by atoms with Crippen molar-refractivity contribution in [3.05, 3.63) is 64.7 Å². The van der Waals surface area contributed by atoms with Crippen molar-refractivity contribution in [1.29, 1.82) is 0 Å².